The highest BCUT2D eigenvalue weighted by Gasteiger charge is 2.29. The standard InChI is InChI=1S/C19H16O8.C17H10O9/c1-19(2,9-3-5-11(15(20)21)13(7-9)17(24)25)10-4-6-12(16(22)23)14(8-10)18(26)27;18-13(7-1-3-9(14(19)20)11(5-7)16(23)24)8-2-4-10(15(21)22)12(6-8)17(25)26/h3-8H,1-2H3,(H,20,21)(H,22,23)(H,24,25)(H,26,27);1-6H,(H,19,20)(H,21,22)(H,23,24)(H,25,26). The summed E-state index contributed by atoms with van der Waals surface area (Å²) >= 11 is 0. The average molecular weight is 731 g/mol. The van der Waals surface area contributed by atoms with Crippen LogP contribution in [0.1, 0.15) is 124 Å². The first-order chi connectivity index (χ1) is 24.6. The molecule has 0 heterocycles. The highest BCUT2D eigenvalue weighted by molar-refractivity contribution is 6.13. The third kappa shape index (κ3) is 8.55. The molecule has 0 spiro atoms. The molecule has 0 aliphatic carbocycles. The van der Waals surface area contributed by atoms with Crippen molar-refractivity contribution in [2.45, 2.75) is 19.3 Å². The summed E-state index contributed by atoms with van der Waals surface area (Å²) in [6.45, 7) is 3.38. The predicted octanol–water partition coefficient (Wildman–Crippen LogP) is 4.52. The van der Waals surface area contributed by atoms with Gasteiger partial charge in [-0.15, -0.1) is 0 Å². The maximum Gasteiger partial charge on any atom is 0.336 e. The van der Waals surface area contributed by atoms with Crippen LogP contribution in [0.25, 0.3) is 0 Å². The van der Waals surface area contributed by atoms with Gasteiger partial charge in [-0.05, 0) is 59.7 Å². The van der Waals surface area contributed by atoms with Crippen molar-refractivity contribution in [2.24, 2.45) is 0 Å². The molecule has 17 nitrogen and oxygen atoms in total. The highest BCUT2D eigenvalue weighted by atomic mass is 16.4. The Morgan fingerprint density at radius 2 is 0.566 bits per heavy atom. The zero-order valence-electron chi connectivity index (χ0n) is 27.2. The number of ketones is 1. The molecule has 53 heavy (non-hydrogen) atoms. The molecule has 4 aromatic rings. The smallest absolute Gasteiger partial charge is 0.336 e. The third-order valence-corrected chi connectivity index (χ3v) is 7.89. The number of benzene rings is 4. The molecular formula is C36H26O17. The number of aromatic carboxylic acids is 8. The first kappa shape index (κ1) is 39.7. The fourth-order valence-corrected chi connectivity index (χ4v) is 5.02. The van der Waals surface area contributed by atoms with Crippen LogP contribution >= 0.6 is 0 Å². The van der Waals surface area contributed by atoms with Crippen molar-refractivity contribution in [3.63, 3.8) is 0 Å². The van der Waals surface area contributed by atoms with E-state index in [1.807, 2.05) is 0 Å². The lowest BCUT2D eigenvalue weighted by atomic mass is 9.76. The molecule has 8 N–H and O–H groups in total. The molecule has 0 radical (unpaired) electrons. The molecule has 17 heteroatoms. The molecule has 0 amide bonds. The molecule has 4 aromatic carbocycles. The van der Waals surface area contributed by atoms with E-state index in [9.17, 15) is 53.4 Å². The Balaban J connectivity index is 0.000000286. The molecule has 0 saturated carbocycles. The number of hydrogen-bond acceptors (Lipinski definition) is 9. The molecule has 0 unspecified atom stereocenters. The van der Waals surface area contributed by atoms with Crippen molar-refractivity contribution in [1.29, 1.82) is 0 Å². The van der Waals surface area contributed by atoms with Crippen LogP contribution in [-0.2, 0) is 5.41 Å². The summed E-state index contributed by atoms with van der Waals surface area (Å²) in [6.07, 6.45) is 0. The largest absolute Gasteiger partial charge is 0.478 e. The Morgan fingerprint density at radius 1 is 0.340 bits per heavy atom. The summed E-state index contributed by atoms with van der Waals surface area (Å²) in [5.41, 5.74) is -4.18. The maximum absolute atomic E-state index is 12.5. The highest BCUT2D eigenvalue weighted by Crippen LogP contribution is 2.34. The van der Waals surface area contributed by atoms with E-state index in [-0.39, 0.29) is 22.3 Å². The van der Waals surface area contributed by atoms with Gasteiger partial charge in [-0.3, -0.25) is 4.79 Å². The average Bonchev–Trinajstić information content (AvgIpc) is 3.10. The zero-order valence-corrected chi connectivity index (χ0v) is 27.2. The lowest BCUT2D eigenvalue weighted by Crippen LogP contribution is -2.22. The van der Waals surface area contributed by atoms with Crippen molar-refractivity contribution < 1.29 is 84.0 Å². The molecule has 0 saturated heterocycles. The van der Waals surface area contributed by atoms with Crippen molar-refractivity contribution in [3.05, 3.63) is 140 Å². The fourth-order valence-electron chi connectivity index (χ4n) is 5.02. The monoisotopic (exact) mass is 730 g/mol. The van der Waals surface area contributed by atoms with Crippen LogP contribution in [0.15, 0.2) is 72.8 Å². The summed E-state index contributed by atoms with van der Waals surface area (Å²) in [6, 6.07) is 13.5. The maximum atomic E-state index is 12.5. The zero-order chi connectivity index (χ0) is 40.1. The van der Waals surface area contributed by atoms with Crippen LogP contribution in [0.3, 0.4) is 0 Å². The van der Waals surface area contributed by atoms with Crippen LogP contribution in [-0.4, -0.2) is 94.4 Å². The van der Waals surface area contributed by atoms with E-state index in [0.29, 0.717) is 11.1 Å². The minimum Gasteiger partial charge on any atom is -0.478 e. The van der Waals surface area contributed by atoms with E-state index in [1.165, 1.54) is 36.4 Å². The number of carbonyl (C=O) groups is 9. The van der Waals surface area contributed by atoms with Crippen molar-refractivity contribution in [1.82, 2.24) is 0 Å². The van der Waals surface area contributed by atoms with E-state index in [4.69, 9.17) is 30.6 Å². The van der Waals surface area contributed by atoms with Gasteiger partial charge >= 0.3 is 47.8 Å². The normalized spacial score (nSPS) is 10.6. The van der Waals surface area contributed by atoms with Crippen LogP contribution in [0.4, 0.5) is 0 Å². The summed E-state index contributed by atoms with van der Waals surface area (Å²) in [5.74, 6) is -12.4. The second-order valence-corrected chi connectivity index (χ2v) is 11.4. The van der Waals surface area contributed by atoms with Gasteiger partial charge < -0.3 is 40.9 Å². The fraction of sp³-hybridized carbons (Fsp3) is 0.0833. The molecule has 0 aliphatic rings. The Hall–Kier alpha value is -7.69. The Labute approximate surface area is 296 Å². The van der Waals surface area contributed by atoms with Crippen LogP contribution < -0.4 is 0 Å². The van der Waals surface area contributed by atoms with E-state index in [1.54, 1.807) is 13.8 Å². The second-order valence-electron chi connectivity index (χ2n) is 11.4. The van der Waals surface area contributed by atoms with Gasteiger partial charge in [0.2, 0.25) is 0 Å². The molecule has 0 aromatic heterocycles. The van der Waals surface area contributed by atoms with Crippen molar-refractivity contribution in [2.75, 3.05) is 0 Å². The molecule has 0 atom stereocenters. The lowest BCUT2D eigenvalue weighted by Gasteiger charge is -2.27. The van der Waals surface area contributed by atoms with Crippen LogP contribution in [0, 0.1) is 0 Å². The van der Waals surface area contributed by atoms with Gasteiger partial charge in [0.15, 0.2) is 5.78 Å². The van der Waals surface area contributed by atoms with E-state index >= 15 is 0 Å². The Kier molecular flexibility index (Phi) is 11.6. The molecule has 0 aliphatic heterocycles. The summed E-state index contributed by atoms with van der Waals surface area (Å²) < 4.78 is 0. The minimum atomic E-state index is -1.55. The Bertz CT molecular complexity index is 2110. The lowest BCUT2D eigenvalue weighted by molar-refractivity contribution is 0.0651. The van der Waals surface area contributed by atoms with Gasteiger partial charge in [0.05, 0.1) is 44.5 Å². The van der Waals surface area contributed by atoms with E-state index in [2.05, 4.69) is 0 Å². The second kappa shape index (κ2) is 15.5. The molecule has 0 fully saturated rings. The number of carboxylic acid groups (broad SMARTS) is 8. The number of rotatable bonds is 12. The van der Waals surface area contributed by atoms with Gasteiger partial charge in [0, 0.05) is 16.5 Å². The minimum absolute atomic E-state index is 0.188. The number of carbonyl (C=O) groups excluding carboxylic acids is 1. The van der Waals surface area contributed by atoms with Gasteiger partial charge in [-0.2, -0.15) is 0 Å². The summed E-state index contributed by atoms with van der Waals surface area (Å²) in [7, 11) is 0. The van der Waals surface area contributed by atoms with Gasteiger partial charge in [-0.1, -0.05) is 38.1 Å². The van der Waals surface area contributed by atoms with Gasteiger partial charge in [-0.25, -0.2) is 38.4 Å². The molecule has 4 rings (SSSR count). The number of carboxylic acids is 8. The predicted molar refractivity (Wildman–Crippen MR) is 177 cm³/mol. The topological polar surface area (TPSA) is 315 Å². The SMILES string of the molecule is CC(C)(c1ccc(C(=O)O)c(C(=O)O)c1)c1ccc(C(=O)O)c(C(=O)O)c1.O=C(c1ccc(C(=O)O)c(C(=O)O)c1)c1ccc(C(=O)O)c(C(=O)O)c1. The van der Waals surface area contributed by atoms with Crippen LogP contribution in [0.2, 0.25) is 0 Å². The number of hydrogen-bond donors (Lipinski definition) is 8. The first-order valence-corrected chi connectivity index (χ1v) is 14.6. The van der Waals surface area contributed by atoms with Gasteiger partial charge in [0.1, 0.15) is 0 Å². The van der Waals surface area contributed by atoms with Crippen molar-refractivity contribution in [3.8, 4) is 0 Å². The van der Waals surface area contributed by atoms with Crippen molar-refractivity contribution >= 4 is 53.5 Å². The van der Waals surface area contributed by atoms with Gasteiger partial charge in [0.25, 0.3) is 0 Å². The molecular weight excluding hydrogens is 704 g/mol. The first-order valence-electron chi connectivity index (χ1n) is 14.6. The van der Waals surface area contributed by atoms with E-state index in [0.717, 1.165) is 36.4 Å². The molecule has 0 bridgehead atoms. The van der Waals surface area contributed by atoms with Crippen LogP contribution in [0.5, 0.6) is 0 Å². The van der Waals surface area contributed by atoms with E-state index < -0.39 is 92.3 Å². The third-order valence-electron chi connectivity index (χ3n) is 7.89. The summed E-state index contributed by atoms with van der Waals surface area (Å²) in [4.78, 5) is 102. The Morgan fingerprint density at radius 3 is 0.811 bits per heavy atom. The molecule has 272 valence electrons. The summed E-state index contributed by atoms with van der Waals surface area (Å²) in [5, 5.41) is 72.9. The quantitative estimate of drug-likeness (QED) is 0.0929.